The van der Waals surface area contributed by atoms with Crippen molar-refractivity contribution in [1.29, 1.82) is 0 Å². The second kappa shape index (κ2) is 8.15. The van der Waals surface area contributed by atoms with Gasteiger partial charge < -0.3 is 5.32 Å². The Morgan fingerprint density at radius 3 is 2.85 bits per heavy atom. The lowest BCUT2D eigenvalue weighted by atomic mass is 9.93. The lowest BCUT2D eigenvalue weighted by Gasteiger charge is -2.23. The average molecular weight is 276 g/mol. The fraction of sp³-hybridized carbons (Fsp3) is 0.588. The number of allylic oxidation sites excluding steroid dienone is 1. The van der Waals surface area contributed by atoms with Crippen LogP contribution in [0.25, 0.3) is 0 Å². The van der Waals surface area contributed by atoms with Crippen molar-refractivity contribution in [2.75, 3.05) is 6.54 Å². The minimum Gasteiger partial charge on any atom is -0.305 e. The molecule has 2 rings (SSSR count). The quantitative estimate of drug-likeness (QED) is 0.798. The summed E-state index contributed by atoms with van der Waals surface area (Å²) in [6.07, 6.45) is 12.2. The number of hydrogen-bond acceptors (Lipinski definition) is 2. The highest BCUT2D eigenvalue weighted by Gasteiger charge is 2.17. The zero-order chi connectivity index (χ0) is 14.2. The van der Waals surface area contributed by atoms with Gasteiger partial charge in [-0.3, -0.25) is 4.98 Å². The van der Waals surface area contributed by atoms with Gasteiger partial charge in [-0.2, -0.15) is 0 Å². The highest BCUT2D eigenvalue weighted by molar-refractivity contribution is 5.23. The van der Waals surface area contributed by atoms with E-state index < -0.39 is 0 Å². The van der Waals surface area contributed by atoms with Gasteiger partial charge in [-0.15, -0.1) is 0 Å². The molecule has 1 unspecified atom stereocenters. The van der Waals surface area contributed by atoms with Crippen molar-refractivity contribution in [3.63, 3.8) is 0 Å². The molecule has 0 radical (unpaired) electrons. The van der Waals surface area contributed by atoms with Gasteiger partial charge in [0.25, 0.3) is 0 Å². The molecule has 0 aromatic carbocycles. The zero-order valence-corrected chi connectivity index (χ0v) is 12.4. The van der Waals surface area contributed by atoms with Crippen LogP contribution in [-0.4, -0.2) is 11.5 Å². The van der Waals surface area contributed by atoms with E-state index in [0.717, 1.165) is 31.5 Å². The van der Waals surface area contributed by atoms with Gasteiger partial charge in [-0.1, -0.05) is 31.4 Å². The third kappa shape index (κ3) is 4.41. The second-order valence-electron chi connectivity index (χ2n) is 5.52. The SMILES string of the molecule is CCCNC(/C1=C/CCCCCC1)c1ccc(F)cn1. The van der Waals surface area contributed by atoms with Crippen molar-refractivity contribution in [3.8, 4) is 0 Å². The predicted molar refractivity (Wildman–Crippen MR) is 81.0 cm³/mol. The fourth-order valence-corrected chi connectivity index (χ4v) is 2.75. The molecule has 0 bridgehead atoms. The van der Waals surface area contributed by atoms with E-state index in [1.807, 2.05) is 6.07 Å². The van der Waals surface area contributed by atoms with E-state index in [9.17, 15) is 4.39 Å². The molecular formula is C17H25FN2. The van der Waals surface area contributed by atoms with Crippen LogP contribution in [0, 0.1) is 5.82 Å². The lowest BCUT2D eigenvalue weighted by molar-refractivity contribution is 0.529. The molecule has 0 amide bonds. The number of rotatable bonds is 5. The molecule has 110 valence electrons. The summed E-state index contributed by atoms with van der Waals surface area (Å²) in [6, 6.07) is 3.46. The zero-order valence-electron chi connectivity index (χ0n) is 12.4. The Morgan fingerprint density at radius 1 is 1.25 bits per heavy atom. The molecule has 0 saturated heterocycles. The highest BCUT2D eigenvalue weighted by atomic mass is 19.1. The third-order valence-corrected chi connectivity index (χ3v) is 3.84. The first kappa shape index (κ1) is 15.2. The second-order valence-corrected chi connectivity index (χ2v) is 5.52. The van der Waals surface area contributed by atoms with E-state index in [0.29, 0.717) is 0 Å². The van der Waals surface area contributed by atoms with E-state index >= 15 is 0 Å². The first-order valence-corrected chi connectivity index (χ1v) is 7.85. The molecule has 0 aliphatic heterocycles. The number of halogens is 1. The topological polar surface area (TPSA) is 24.9 Å². The van der Waals surface area contributed by atoms with Crippen molar-refractivity contribution in [3.05, 3.63) is 41.5 Å². The summed E-state index contributed by atoms with van der Waals surface area (Å²) in [6.45, 7) is 3.12. The molecule has 1 N–H and O–H groups in total. The van der Waals surface area contributed by atoms with Crippen molar-refractivity contribution < 1.29 is 4.39 Å². The first-order chi connectivity index (χ1) is 9.81. The van der Waals surface area contributed by atoms with E-state index in [4.69, 9.17) is 0 Å². The minimum atomic E-state index is -0.269. The lowest BCUT2D eigenvalue weighted by Crippen LogP contribution is -2.25. The standard InChI is InChI=1S/C17H25FN2/c1-2-12-19-17(16-11-10-15(18)13-20-16)14-8-6-4-3-5-7-9-14/h8,10-11,13,17,19H,2-7,9,12H2,1H3/b14-8+. The van der Waals surface area contributed by atoms with Crippen LogP contribution in [0.4, 0.5) is 4.39 Å². The van der Waals surface area contributed by atoms with Crippen molar-refractivity contribution >= 4 is 0 Å². The van der Waals surface area contributed by atoms with Crippen LogP contribution in [0.2, 0.25) is 0 Å². The van der Waals surface area contributed by atoms with Crippen molar-refractivity contribution in [2.24, 2.45) is 0 Å². The van der Waals surface area contributed by atoms with Crippen molar-refractivity contribution in [2.45, 2.75) is 57.9 Å². The molecule has 1 atom stereocenters. The van der Waals surface area contributed by atoms with Gasteiger partial charge in [0.05, 0.1) is 17.9 Å². The Labute approximate surface area is 121 Å². The third-order valence-electron chi connectivity index (χ3n) is 3.84. The van der Waals surface area contributed by atoms with Gasteiger partial charge >= 0.3 is 0 Å². The molecule has 1 aromatic heterocycles. The van der Waals surface area contributed by atoms with Crippen LogP contribution in [0.15, 0.2) is 30.0 Å². The van der Waals surface area contributed by atoms with Crippen LogP contribution in [0.5, 0.6) is 0 Å². The van der Waals surface area contributed by atoms with E-state index in [-0.39, 0.29) is 11.9 Å². The fourth-order valence-electron chi connectivity index (χ4n) is 2.75. The summed E-state index contributed by atoms with van der Waals surface area (Å²) >= 11 is 0. The molecule has 3 heteroatoms. The molecule has 0 fully saturated rings. The van der Waals surface area contributed by atoms with Gasteiger partial charge in [0, 0.05) is 0 Å². The molecular weight excluding hydrogens is 251 g/mol. The van der Waals surface area contributed by atoms with Gasteiger partial charge in [0.1, 0.15) is 5.82 Å². The monoisotopic (exact) mass is 276 g/mol. The van der Waals surface area contributed by atoms with E-state index in [2.05, 4.69) is 23.3 Å². The molecule has 1 aliphatic rings. The maximum atomic E-state index is 13.1. The van der Waals surface area contributed by atoms with Gasteiger partial charge in [-0.25, -0.2) is 4.39 Å². The molecule has 0 spiro atoms. The number of aromatic nitrogens is 1. The van der Waals surface area contributed by atoms with Crippen LogP contribution in [0.3, 0.4) is 0 Å². The number of nitrogens with zero attached hydrogens (tertiary/aromatic N) is 1. The summed E-state index contributed by atoms with van der Waals surface area (Å²) in [5.41, 5.74) is 2.36. The number of pyridine rings is 1. The Hall–Kier alpha value is -1.22. The maximum absolute atomic E-state index is 13.1. The first-order valence-electron chi connectivity index (χ1n) is 7.85. The molecule has 20 heavy (non-hydrogen) atoms. The molecule has 1 aromatic rings. The van der Waals surface area contributed by atoms with Crippen LogP contribution in [-0.2, 0) is 0 Å². The summed E-state index contributed by atoms with van der Waals surface area (Å²) in [4.78, 5) is 4.28. The van der Waals surface area contributed by atoms with Crippen LogP contribution >= 0.6 is 0 Å². The van der Waals surface area contributed by atoms with Gasteiger partial charge in [0.15, 0.2) is 0 Å². The molecule has 1 aliphatic carbocycles. The largest absolute Gasteiger partial charge is 0.305 e. The average Bonchev–Trinajstić information content (AvgIpc) is 2.42. The van der Waals surface area contributed by atoms with Gasteiger partial charge in [-0.05, 0) is 50.8 Å². The summed E-state index contributed by atoms with van der Waals surface area (Å²) in [7, 11) is 0. The Kier molecular flexibility index (Phi) is 6.19. The number of hydrogen-bond donors (Lipinski definition) is 1. The van der Waals surface area contributed by atoms with E-state index in [1.165, 1.54) is 43.5 Å². The van der Waals surface area contributed by atoms with Gasteiger partial charge in [0.2, 0.25) is 0 Å². The predicted octanol–water partition coefficient (Wildman–Crippen LogP) is 4.54. The molecule has 2 nitrogen and oxygen atoms in total. The van der Waals surface area contributed by atoms with Crippen LogP contribution in [0.1, 0.15) is 63.6 Å². The Morgan fingerprint density at radius 2 is 2.10 bits per heavy atom. The smallest absolute Gasteiger partial charge is 0.141 e. The molecule has 1 heterocycles. The Bertz CT molecular complexity index is 425. The summed E-state index contributed by atoms with van der Waals surface area (Å²) in [5.74, 6) is -0.269. The Balaban J connectivity index is 2.18. The summed E-state index contributed by atoms with van der Waals surface area (Å²) in [5, 5.41) is 3.57. The summed E-state index contributed by atoms with van der Waals surface area (Å²) < 4.78 is 13.1. The number of nitrogens with one attached hydrogen (secondary N) is 1. The maximum Gasteiger partial charge on any atom is 0.141 e. The van der Waals surface area contributed by atoms with E-state index in [1.54, 1.807) is 0 Å². The van der Waals surface area contributed by atoms with Crippen molar-refractivity contribution in [1.82, 2.24) is 10.3 Å². The normalized spacial score (nSPS) is 20.6. The van der Waals surface area contributed by atoms with Crippen LogP contribution < -0.4 is 5.32 Å². The molecule has 0 saturated carbocycles. The minimum absolute atomic E-state index is 0.147. The highest BCUT2D eigenvalue weighted by Crippen LogP contribution is 2.28.